The molecule has 0 bridgehead atoms. The van der Waals surface area contributed by atoms with Gasteiger partial charge in [0.2, 0.25) is 11.8 Å². The van der Waals surface area contributed by atoms with Crippen LogP contribution in [0.3, 0.4) is 0 Å². The van der Waals surface area contributed by atoms with E-state index in [9.17, 15) is 9.59 Å². The minimum Gasteiger partial charge on any atom is -0.356 e. The van der Waals surface area contributed by atoms with Crippen LogP contribution in [0.2, 0.25) is 0 Å². The van der Waals surface area contributed by atoms with Crippen molar-refractivity contribution in [2.45, 2.75) is 38.8 Å². The number of hydrogen-bond acceptors (Lipinski definition) is 3. The van der Waals surface area contributed by atoms with Gasteiger partial charge in [0.15, 0.2) is 0 Å². The SMILES string of the molecule is Cl.O=C(NCCCC(=O)N1Cc2ccccc2C1)C1CCCNC1. The van der Waals surface area contributed by atoms with Crippen molar-refractivity contribution in [3.8, 4) is 0 Å². The Balaban J connectivity index is 0.00000208. The molecule has 3 rings (SSSR count). The lowest BCUT2D eigenvalue weighted by Gasteiger charge is -2.22. The highest BCUT2D eigenvalue weighted by Gasteiger charge is 2.23. The molecule has 1 aromatic rings. The summed E-state index contributed by atoms with van der Waals surface area (Å²) in [6.07, 6.45) is 3.23. The molecule has 1 saturated heterocycles. The minimum absolute atomic E-state index is 0. The highest BCUT2D eigenvalue weighted by Crippen LogP contribution is 2.22. The van der Waals surface area contributed by atoms with Crippen molar-refractivity contribution in [2.75, 3.05) is 19.6 Å². The highest BCUT2D eigenvalue weighted by molar-refractivity contribution is 5.85. The Labute approximate surface area is 149 Å². The summed E-state index contributed by atoms with van der Waals surface area (Å²) in [7, 11) is 0. The fourth-order valence-corrected chi connectivity index (χ4v) is 3.34. The number of nitrogens with zero attached hydrogens (tertiary/aromatic N) is 1. The van der Waals surface area contributed by atoms with Crippen molar-refractivity contribution >= 4 is 24.2 Å². The number of halogens is 1. The van der Waals surface area contributed by atoms with Gasteiger partial charge in [-0.3, -0.25) is 9.59 Å². The second-order valence-corrected chi connectivity index (χ2v) is 6.46. The third-order valence-electron chi connectivity index (χ3n) is 4.73. The molecule has 132 valence electrons. The van der Waals surface area contributed by atoms with Gasteiger partial charge in [-0.15, -0.1) is 12.4 Å². The molecule has 1 fully saturated rings. The quantitative estimate of drug-likeness (QED) is 0.796. The van der Waals surface area contributed by atoms with Gasteiger partial charge < -0.3 is 15.5 Å². The molecule has 2 aliphatic heterocycles. The molecule has 0 aromatic heterocycles. The normalized spacial score (nSPS) is 19.3. The second-order valence-electron chi connectivity index (χ2n) is 6.46. The number of piperidine rings is 1. The molecular weight excluding hydrogens is 326 g/mol. The molecule has 0 saturated carbocycles. The van der Waals surface area contributed by atoms with Crippen molar-refractivity contribution in [3.05, 3.63) is 35.4 Å². The number of carbonyl (C=O) groups is 2. The lowest BCUT2D eigenvalue weighted by Crippen LogP contribution is -2.40. The standard InChI is InChI=1S/C18H25N3O2.ClH/c22-17(21-12-15-5-1-2-6-16(15)13-21)8-4-10-20-18(23)14-7-3-9-19-11-14;/h1-2,5-6,14,19H,3-4,7-13H2,(H,20,23);1H. The maximum absolute atomic E-state index is 12.3. The third-order valence-corrected chi connectivity index (χ3v) is 4.73. The molecule has 2 N–H and O–H groups in total. The maximum Gasteiger partial charge on any atom is 0.224 e. The topological polar surface area (TPSA) is 61.4 Å². The average molecular weight is 352 g/mol. The second kappa shape index (κ2) is 9.04. The van der Waals surface area contributed by atoms with Crippen LogP contribution in [0.4, 0.5) is 0 Å². The Kier molecular flexibility index (Phi) is 7.06. The van der Waals surface area contributed by atoms with Gasteiger partial charge in [0.25, 0.3) is 0 Å². The number of hydrogen-bond donors (Lipinski definition) is 2. The molecule has 0 radical (unpaired) electrons. The molecule has 0 spiro atoms. The number of fused-ring (bicyclic) bond motifs is 1. The van der Waals surface area contributed by atoms with Gasteiger partial charge in [-0.05, 0) is 36.9 Å². The van der Waals surface area contributed by atoms with Crippen LogP contribution in [0.1, 0.15) is 36.8 Å². The first-order chi connectivity index (χ1) is 11.2. The van der Waals surface area contributed by atoms with Crippen molar-refractivity contribution in [1.29, 1.82) is 0 Å². The predicted octanol–water partition coefficient (Wildman–Crippen LogP) is 1.85. The van der Waals surface area contributed by atoms with Gasteiger partial charge in [0, 0.05) is 32.6 Å². The van der Waals surface area contributed by atoms with Crippen molar-refractivity contribution in [1.82, 2.24) is 15.5 Å². The zero-order chi connectivity index (χ0) is 16.1. The number of amides is 2. The van der Waals surface area contributed by atoms with Crippen LogP contribution >= 0.6 is 12.4 Å². The van der Waals surface area contributed by atoms with E-state index in [0.717, 1.165) is 39.0 Å². The van der Waals surface area contributed by atoms with E-state index in [-0.39, 0.29) is 30.1 Å². The van der Waals surface area contributed by atoms with Crippen LogP contribution in [0.15, 0.2) is 24.3 Å². The Bertz CT molecular complexity index is 548. The predicted molar refractivity (Wildman–Crippen MR) is 95.8 cm³/mol. The molecule has 0 aliphatic carbocycles. The summed E-state index contributed by atoms with van der Waals surface area (Å²) in [5, 5.41) is 6.21. The largest absolute Gasteiger partial charge is 0.356 e. The summed E-state index contributed by atoms with van der Waals surface area (Å²) < 4.78 is 0. The molecule has 2 aliphatic rings. The first kappa shape index (κ1) is 18.7. The monoisotopic (exact) mass is 351 g/mol. The van der Waals surface area contributed by atoms with Crippen LogP contribution in [0.25, 0.3) is 0 Å². The van der Waals surface area contributed by atoms with Gasteiger partial charge in [-0.25, -0.2) is 0 Å². The van der Waals surface area contributed by atoms with Gasteiger partial charge in [-0.1, -0.05) is 24.3 Å². The summed E-state index contributed by atoms with van der Waals surface area (Å²) in [4.78, 5) is 26.2. The van der Waals surface area contributed by atoms with Crippen LogP contribution in [0.5, 0.6) is 0 Å². The van der Waals surface area contributed by atoms with Crippen LogP contribution in [0, 0.1) is 5.92 Å². The Hall–Kier alpha value is -1.59. The fourth-order valence-electron chi connectivity index (χ4n) is 3.34. The molecule has 5 nitrogen and oxygen atoms in total. The molecule has 1 atom stereocenters. The van der Waals surface area contributed by atoms with E-state index in [1.54, 1.807) is 0 Å². The number of nitrogens with one attached hydrogen (secondary N) is 2. The van der Waals surface area contributed by atoms with E-state index in [0.29, 0.717) is 19.4 Å². The summed E-state index contributed by atoms with van der Waals surface area (Å²) in [5.74, 6) is 0.389. The highest BCUT2D eigenvalue weighted by atomic mass is 35.5. The van der Waals surface area contributed by atoms with Crippen molar-refractivity contribution in [2.24, 2.45) is 5.92 Å². The lowest BCUT2D eigenvalue weighted by molar-refractivity contribution is -0.132. The zero-order valence-electron chi connectivity index (χ0n) is 13.9. The van der Waals surface area contributed by atoms with E-state index in [4.69, 9.17) is 0 Å². The summed E-state index contributed by atoms with van der Waals surface area (Å²) >= 11 is 0. The molecule has 6 heteroatoms. The summed E-state index contributed by atoms with van der Waals surface area (Å²) in [6, 6.07) is 8.20. The number of carbonyl (C=O) groups excluding carboxylic acids is 2. The Morgan fingerprint density at radius 3 is 2.54 bits per heavy atom. The van der Waals surface area contributed by atoms with E-state index < -0.39 is 0 Å². The molecule has 1 unspecified atom stereocenters. The van der Waals surface area contributed by atoms with Crippen LogP contribution in [-0.2, 0) is 22.7 Å². The fraction of sp³-hybridized carbons (Fsp3) is 0.556. The van der Waals surface area contributed by atoms with Gasteiger partial charge in [0.1, 0.15) is 0 Å². The van der Waals surface area contributed by atoms with Gasteiger partial charge in [0.05, 0.1) is 5.92 Å². The summed E-state index contributed by atoms with van der Waals surface area (Å²) in [5.41, 5.74) is 2.50. The lowest BCUT2D eigenvalue weighted by atomic mass is 9.99. The zero-order valence-corrected chi connectivity index (χ0v) is 14.7. The van der Waals surface area contributed by atoms with Crippen LogP contribution < -0.4 is 10.6 Å². The Morgan fingerprint density at radius 2 is 1.92 bits per heavy atom. The minimum atomic E-state index is 0. The van der Waals surface area contributed by atoms with Crippen LogP contribution in [-0.4, -0.2) is 36.3 Å². The third kappa shape index (κ3) is 4.71. The number of benzene rings is 1. The average Bonchev–Trinajstić information content (AvgIpc) is 3.03. The summed E-state index contributed by atoms with van der Waals surface area (Å²) in [6.45, 7) is 3.80. The van der Waals surface area contributed by atoms with Crippen molar-refractivity contribution in [3.63, 3.8) is 0 Å². The van der Waals surface area contributed by atoms with Gasteiger partial charge in [-0.2, -0.15) is 0 Å². The van der Waals surface area contributed by atoms with E-state index in [1.807, 2.05) is 17.0 Å². The maximum atomic E-state index is 12.3. The first-order valence-electron chi connectivity index (χ1n) is 8.57. The van der Waals surface area contributed by atoms with E-state index in [1.165, 1.54) is 11.1 Å². The molecular formula is C18H26ClN3O2. The molecule has 1 aromatic carbocycles. The molecule has 2 heterocycles. The first-order valence-corrected chi connectivity index (χ1v) is 8.57. The number of rotatable bonds is 5. The van der Waals surface area contributed by atoms with E-state index in [2.05, 4.69) is 22.8 Å². The van der Waals surface area contributed by atoms with Gasteiger partial charge >= 0.3 is 0 Å². The smallest absolute Gasteiger partial charge is 0.224 e. The molecule has 24 heavy (non-hydrogen) atoms. The Morgan fingerprint density at radius 1 is 1.21 bits per heavy atom. The van der Waals surface area contributed by atoms with E-state index >= 15 is 0 Å². The van der Waals surface area contributed by atoms with Crippen molar-refractivity contribution < 1.29 is 9.59 Å². The molecule has 2 amide bonds.